The molecule has 1 heterocycles. The number of rotatable bonds is 4. The van der Waals surface area contributed by atoms with Crippen molar-refractivity contribution in [3.05, 3.63) is 0 Å². The van der Waals surface area contributed by atoms with Crippen LogP contribution < -0.4 is 5.32 Å². The van der Waals surface area contributed by atoms with Crippen molar-refractivity contribution < 1.29 is 4.79 Å². The maximum absolute atomic E-state index is 11.9. The van der Waals surface area contributed by atoms with Gasteiger partial charge in [-0.05, 0) is 40.0 Å². The third-order valence-electron chi connectivity index (χ3n) is 3.42. The lowest BCUT2D eigenvalue weighted by Crippen LogP contribution is -2.47. The average Bonchev–Trinajstić information content (AvgIpc) is 2.53. The van der Waals surface area contributed by atoms with Crippen molar-refractivity contribution >= 4 is 5.91 Å². The minimum atomic E-state index is 0.0637. The van der Waals surface area contributed by atoms with Gasteiger partial charge in [-0.2, -0.15) is 0 Å². The first-order valence-electron chi connectivity index (χ1n) is 6.01. The number of hydrogen-bond donors (Lipinski definition) is 1. The molecule has 1 N–H and O–H groups in total. The quantitative estimate of drug-likeness (QED) is 0.770. The van der Waals surface area contributed by atoms with E-state index in [1.807, 2.05) is 4.90 Å². The van der Waals surface area contributed by atoms with Gasteiger partial charge in [0.2, 0.25) is 5.91 Å². The molecule has 1 amide bonds. The summed E-state index contributed by atoms with van der Waals surface area (Å²) in [4.78, 5) is 14.0. The molecular formula is C12H24N2O. The van der Waals surface area contributed by atoms with Crippen molar-refractivity contribution in [3.63, 3.8) is 0 Å². The van der Waals surface area contributed by atoms with E-state index in [-0.39, 0.29) is 11.4 Å². The molecule has 0 spiro atoms. The van der Waals surface area contributed by atoms with E-state index in [9.17, 15) is 4.79 Å². The van der Waals surface area contributed by atoms with Crippen molar-refractivity contribution in [2.45, 2.75) is 58.5 Å². The molecule has 0 radical (unpaired) electrons. The van der Waals surface area contributed by atoms with Gasteiger partial charge in [-0.15, -0.1) is 0 Å². The number of carbonyl (C=O) groups is 1. The normalized spacial score (nSPS) is 21.7. The Labute approximate surface area is 93.2 Å². The van der Waals surface area contributed by atoms with Gasteiger partial charge in [-0.1, -0.05) is 6.92 Å². The van der Waals surface area contributed by atoms with Crippen LogP contribution in [0.4, 0.5) is 0 Å². The summed E-state index contributed by atoms with van der Waals surface area (Å²) in [5.41, 5.74) is 0.0637. The summed E-state index contributed by atoms with van der Waals surface area (Å²) in [7, 11) is 0. The standard InChI is InChI=1S/C12H24N2O/c1-5-10(2)13-9-11(15)14-8-6-7-12(14,3)4/h10,13H,5-9H2,1-4H3. The Hall–Kier alpha value is -0.570. The second kappa shape index (κ2) is 4.97. The second-order valence-corrected chi connectivity index (χ2v) is 5.15. The number of amides is 1. The summed E-state index contributed by atoms with van der Waals surface area (Å²) in [5.74, 6) is 0.248. The van der Waals surface area contributed by atoms with Crippen LogP contribution in [0.15, 0.2) is 0 Å². The summed E-state index contributed by atoms with van der Waals surface area (Å²) in [6, 6.07) is 0.430. The highest BCUT2D eigenvalue weighted by molar-refractivity contribution is 5.79. The van der Waals surface area contributed by atoms with E-state index in [1.54, 1.807) is 0 Å². The fraction of sp³-hybridized carbons (Fsp3) is 0.917. The largest absolute Gasteiger partial charge is 0.336 e. The number of nitrogens with one attached hydrogen (secondary N) is 1. The number of nitrogens with zero attached hydrogens (tertiary/aromatic N) is 1. The minimum Gasteiger partial charge on any atom is -0.336 e. The van der Waals surface area contributed by atoms with Gasteiger partial charge in [-0.25, -0.2) is 0 Å². The van der Waals surface area contributed by atoms with Gasteiger partial charge < -0.3 is 10.2 Å². The predicted molar refractivity (Wildman–Crippen MR) is 62.8 cm³/mol. The predicted octanol–water partition coefficient (Wildman–Crippen LogP) is 1.78. The van der Waals surface area contributed by atoms with Gasteiger partial charge in [0.05, 0.1) is 6.54 Å². The fourth-order valence-electron chi connectivity index (χ4n) is 2.07. The number of hydrogen-bond acceptors (Lipinski definition) is 2. The summed E-state index contributed by atoms with van der Waals surface area (Å²) >= 11 is 0. The highest BCUT2D eigenvalue weighted by atomic mass is 16.2. The Morgan fingerprint density at radius 2 is 2.20 bits per heavy atom. The first-order valence-corrected chi connectivity index (χ1v) is 6.01. The zero-order chi connectivity index (χ0) is 11.5. The molecule has 3 heteroatoms. The van der Waals surface area contributed by atoms with Crippen LogP contribution in [0, 0.1) is 0 Å². The van der Waals surface area contributed by atoms with Gasteiger partial charge in [0.1, 0.15) is 0 Å². The van der Waals surface area contributed by atoms with Gasteiger partial charge in [-0.3, -0.25) is 4.79 Å². The molecule has 0 aromatic heterocycles. The minimum absolute atomic E-state index is 0.0637. The lowest BCUT2D eigenvalue weighted by molar-refractivity contribution is -0.133. The molecule has 1 aliphatic rings. The van der Waals surface area contributed by atoms with Crippen molar-refractivity contribution in [1.82, 2.24) is 10.2 Å². The Kier molecular flexibility index (Phi) is 4.14. The first kappa shape index (κ1) is 12.5. The second-order valence-electron chi connectivity index (χ2n) is 5.15. The molecule has 1 saturated heterocycles. The zero-order valence-electron chi connectivity index (χ0n) is 10.5. The van der Waals surface area contributed by atoms with Gasteiger partial charge in [0, 0.05) is 18.1 Å². The highest BCUT2D eigenvalue weighted by Crippen LogP contribution is 2.27. The van der Waals surface area contributed by atoms with E-state index in [4.69, 9.17) is 0 Å². The zero-order valence-corrected chi connectivity index (χ0v) is 10.5. The molecule has 1 fully saturated rings. The molecule has 1 aliphatic heterocycles. The van der Waals surface area contributed by atoms with Crippen LogP contribution in [0.25, 0.3) is 0 Å². The topological polar surface area (TPSA) is 32.3 Å². The van der Waals surface area contributed by atoms with Crippen molar-refractivity contribution in [3.8, 4) is 0 Å². The van der Waals surface area contributed by atoms with Crippen LogP contribution in [0.5, 0.6) is 0 Å². The van der Waals surface area contributed by atoms with E-state index in [2.05, 4.69) is 33.0 Å². The van der Waals surface area contributed by atoms with E-state index < -0.39 is 0 Å². The van der Waals surface area contributed by atoms with Crippen molar-refractivity contribution in [2.75, 3.05) is 13.1 Å². The Balaban J connectivity index is 2.40. The fourth-order valence-corrected chi connectivity index (χ4v) is 2.07. The van der Waals surface area contributed by atoms with Crippen LogP contribution in [0.3, 0.4) is 0 Å². The molecule has 1 rings (SSSR count). The Morgan fingerprint density at radius 1 is 1.53 bits per heavy atom. The van der Waals surface area contributed by atoms with Crippen LogP contribution in [-0.2, 0) is 4.79 Å². The van der Waals surface area contributed by atoms with E-state index >= 15 is 0 Å². The third kappa shape index (κ3) is 3.20. The molecular weight excluding hydrogens is 188 g/mol. The molecule has 88 valence electrons. The maximum atomic E-state index is 11.9. The molecule has 3 nitrogen and oxygen atoms in total. The molecule has 0 aromatic carbocycles. The van der Waals surface area contributed by atoms with Gasteiger partial charge >= 0.3 is 0 Å². The van der Waals surface area contributed by atoms with Gasteiger partial charge in [0.25, 0.3) is 0 Å². The Morgan fingerprint density at radius 3 is 2.67 bits per heavy atom. The maximum Gasteiger partial charge on any atom is 0.236 e. The van der Waals surface area contributed by atoms with Gasteiger partial charge in [0.15, 0.2) is 0 Å². The summed E-state index contributed by atoms with van der Waals surface area (Å²) in [6.07, 6.45) is 3.33. The Bertz CT molecular complexity index is 226. The summed E-state index contributed by atoms with van der Waals surface area (Å²) in [6.45, 7) is 9.96. The summed E-state index contributed by atoms with van der Waals surface area (Å²) in [5, 5.41) is 3.26. The summed E-state index contributed by atoms with van der Waals surface area (Å²) < 4.78 is 0. The molecule has 0 aliphatic carbocycles. The van der Waals surface area contributed by atoms with Crippen molar-refractivity contribution in [1.29, 1.82) is 0 Å². The van der Waals surface area contributed by atoms with Crippen LogP contribution >= 0.6 is 0 Å². The van der Waals surface area contributed by atoms with Crippen LogP contribution in [0.2, 0.25) is 0 Å². The molecule has 15 heavy (non-hydrogen) atoms. The number of carbonyl (C=O) groups excluding carboxylic acids is 1. The molecule has 0 bridgehead atoms. The number of likely N-dealkylation sites (tertiary alicyclic amines) is 1. The smallest absolute Gasteiger partial charge is 0.236 e. The van der Waals surface area contributed by atoms with E-state index in [1.165, 1.54) is 0 Å². The molecule has 1 atom stereocenters. The third-order valence-corrected chi connectivity index (χ3v) is 3.42. The monoisotopic (exact) mass is 212 g/mol. The highest BCUT2D eigenvalue weighted by Gasteiger charge is 2.34. The van der Waals surface area contributed by atoms with E-state index in [0.717, 1.165) is 25.8 Å². The molecule has 0 aromatic rings. The average molecular weight is 212 g/mol. The van der Waals surface area contributed by atoms with E-state index in [0.29, 0.717) is 12.6 Å². The van der Waals surface area contributed by atoms with Crippen molar-refractivity contribution in [2.24, 2.45) is 0 Å². The molecule has 0 saturated carbocycles. The molecule has 1 unspecified atom stereocenters. The van der Waals surface area contributed by atoms with Crippen LogP contribution in [0.1, 0.15) is 47.0 Å². The first-order chi connectivity index (χ1) is 6.97. The lowest BCUT2D eigenvalue weighted by Gasteiger charge is -2.32. The SMILES string of the molecule is CCC(C)NCC(=O)N1CCCC1(C)C. The lowest BCUT2D eigenvalue weighted by atomic mass is 10.0. The van der Waals surface area contributed by atoms with Crippen LogP contribution in [-0.4, -0.2) is 35.5 Å².